The van der Waals surface area contributed by atoms with E-state index in [0.717, 1.165) is 11.1 Å². The molecule has 0 aliphatic carbocycles. The molecule has 2 aromatic heterocycles. The molecule has 0 radical (unpaired) electrons. The van der Waals surface area contributed by atoms with Crippen molar-refractivity contribution in [1.82, 2.24) is 14.9 Å². The minimum Gasteiger partial charge on any atom is -0.383 e. The Balaban J connectivity index is 1.48. The number of nitrogens with one attached hydrogen (secondary N) is 1. The van der Waals surface area contributed by atoms with E-state index in [-0.39, 0.29) is 11.5 Å². The highest BCUT2D eigenvalue weighted by atomic mass is 16.3. The number of aryl methyl sites for hydroxylation is 1. The predicted octanol–water partition coefficient (Wildman–Crippen LogP) is 2.87. The van der Waals surface area contributed by atoms with Gasteiger partial charge >= 0.3 is 0 Å². The van der Waals surface area contributed by atoms with E-state index in [1.165, 1.54) is 0 Å². The molecule has 1 saturated heterocycles. The van der Waals surface area contributed by atoms with Crippen LogP contribution in [0.3, 0.4) is 0 Å². The van der Waals surface area contributed by atoms with Gasteiger partial charge in [0.1, 0.15) is 11.2 Å². The molecule has 1 aliphatic heterocycles. The number of benzene rings is 1. The summed E-state index contributed by atoms with van der Waals surface area (Å²) in [5.41, 5.74) is 1.88. The zero-order chi connectivity index (χ0) is 20.4. The third-order valence-electron chi connectivity index (χ3n) is 5.49. The fraction of sp³-hybridized carbons (Fsp3) is 0.261. The van der Waals surface area contributed by atoms with E-state index in [1.807, 2.05) is 49.4 Å². The number of aromatic amines is 1. The van der Waals surface area contributed by atoms with Gasteiger partial charge < -0.3 is 15.0 Å². The lowest BCUT2D eigenvalue weighted by Crippen LogP contribution is -2.46. The first-order chi connectivity index (χ1) is 14.0. The predicted molar refractivity (Wildman–Crippen MR) is 111 cm³/mol. The average Bonchev–Trinajstić information content (AvgIpc) is 2.75. The highest BCUT2D eigenvalue weighted by molar-refractivity contribution is 5.94. The van der Waals surface area contributed by atoms with Crippen molar-refractivity contribution >= 4 is 5.91 Å². The van der Waals surface area contributed by atoms with Crippen molar-refractivity contribution in [3.63, 3.8) is 0 Å². The van der Waals surface area contributed by atoms with Crippen LogP contribution in [0.1, 0.15) is 34.5 Å². The first kappa shape index (κ1) is 19.1. The van der Waals surface area contributed by atoms with Crippen LogP contribution in [0.15, 0.2) is 65.6 Å². The quantitative estimate of drug-likeness (QED) is 0.721. The number of H-pyrrole nitrogens is 1. The fourth-order valence-corrected chi connectivity index (χ4v) is 3.68. The Hall–Kier alpha value is -3.25. The first-order valence-corrected chi connectivity index (χ1v) is 9.70. The summed E-state index contributed by atoms with van der Waals surface area (Å²) in [5, 5.41) is 11.0. The van der Waals surface area contributed by atoms with Crippen LogP contribution < -0.4 is 5.56 Å². The Labute approximate surface area is 168 Å². The van der Waals surface area contributed by atoms with Crippen LogP contribution in [0.5, 0.6) is 0 Å². The van der Waals surface area contributed by atoms with Crippen molar-refractivity contribution in [2.75, 3.05) is 13.1 Å². The fourth-order valence-electron chi connectivity index (χ4n) is 3.68. The molecule has 29 heavy (non-hydrogen) atoms. The molecule has 2 N–H and O–H groups in total. The largest absolute Gasteiger partial charge is 0.383 e. The van der Waals surface area contributed by atoms with Gasteiger partial charge in [-0.3, -0.25) is 14.6 Å². The number of hydrogen-bond donors (Lipinski definition) is 2. The third kappa shape index (κ3) is 3.84. The Bertz CT molecular complexity index is 1070. The van der Waals surface area contributed by atoms with Crippen molar-refractivity contribution in [2.24, 2.45) is 0 Å². The molecule has 0 unspecified atom stereocenters. The highest BCUT2D eigenvalue weighted by Crippen LogP contribution is 2.32. The number of pyridine rings is 2. The van der Waals surface area contributed by atoms with Gasteiger partial charge in [-0.05, 0) is 49.1 Å². The van der Waals surface area contributed by atoms with E-state index in [0.29, 0.717) is 37.3 Å². The van der Waals surface area contributed by atoms with Crippen molar-refractivity contribution in [2.45, 2.75) is 25.4 Å². The number of rotatable bonds is 3. The van der Waals surface area contributed by atoms with Crippen LogP contribution in [-0.4, -0.2) is 39.0 Å². The SMILES string of the molecule is Cc1ccc(C2(O)CCN(C(=O)c3ccc(-c4ccccc4)[nH]c3=O)CC2)nc1. The molecule has 1 amide bonds. The number of hydrogen-bond acceptors (Lipinski definition) is 4. The smallest absolute Gasteiger partial charge is 0.261 e. The third-order valence-corrected chi connectivity index (χ3v) is 5.49. The highest BCUT2D eigenvalue weighted by Gasteiger charge is 2.37. The Kier molecular flexibility index (Phi) is 5.03. The van der Waals surface area contributed by atoms with Gasteiger partial charge in [-0.15, -0.1) is 0 Å². The summed E-state index contributed by atoms with van der Waals surface area (Å²) in [6.07, 6.45) is 2.50. The van der Waals surface area contributed by atoms with Gasteiger partial charge in [0.2, 0.25) is 0 Å². The topological polar surface area (TPSA) is 86.3 Å². The number of piperidine rings is 1. The number of likely N-dealkylation sites (tertiary alicyclic amines) is 1. The Morgan fingerprint density at radius 3 is 2.41 bits per heavy atom. The number of carbonyl (C=O) groups excluding carboxylic acids is 1. The molecular formula is C23H23N3O3. The van der Waals surface area contributed by atoms with Crippen molar-refractivity contribution in [1.29, 1.82) is 0 Å². The second-order valence-electron chi connectivity index (χ2n) is 7.53. The number of amides is 1. The van der Waals surface area contributed by atoms with Crippen LogP contribution in [-0.2, 0) is 5.60 Å². The standard InChI is InChI=1S/C23H23N3O3/c1-16-7-10-20(24-15-16)23(29)11-13-26(14-12-23)22(28)18-8-9-19(25-21(18)27)17-5-3-2-4-6-17/h2-10,15,29H,11-14H2,1H3,(H,25,27). The molecule has 0 bridgehead atoms. The van der Waals surface area contributed by atoms with E-state index in [9.17, 15) is 14.7 Å². The molecule has 1 aromatic carbocycles. The van der Waals surface area contributed by atoms with Gasteiger partial charge in [0.15, 0.2) is 0 Å². The van der Waals surface area contributed by atoms with Crippen molar-refractivity contribution in [3.05, 3.63) is 88.0 Å². The molecule has 1 aliphatic rings. The molecule has 0 atom stereocenters. The van der Waals surface area contributed by atoms with Crippen molar-refractivity contribution in [3.8, 4) is 11.3 Å². The minimum absolute atomic E-state index is 0.114. The summed E-state index contributed by atoms with van der Waals surface area (Å²) in [6, 6.07) is 16.6. The normalized spacial score (nSPS) is 15.9. The molecule has 4 rings (SSSR count). The Morgan fingerprint density at radius 1 is 1.07 bits per heavy atom. The summed E-state index contributed by atoms with van der Waals surface area (Å²) in [6.45, 7) is 2.68. The van der Waals surface area contributed by atoms with E-state index in [2.05, 4.69) is 9.97 Å². The number of carbonyl (C=O) groups is 1. The molecule has 3 aromatic rings. The lowest BCUT2D eigenvalue weighted by molar-refractivity contribution is -0.0244. The monoisotopic (exact) mass is 389 g/mol. The maximum absolute atomic E-state index is 12.9. The van der Waals surface area contributed by atoms with Crippen LogP contribution in [0.2, 0.25) is 0 Å². The summed E-state index contributed by atoms with van der Waals surface area (Å²) < 4.78 is 0. The number of aliphatic hydroxyl groups is 1. The van der Waals surface area contributed by atoms with Crippen LogP contribution >= 0.6 is 0 Å². The first-order valence-electron chi connectivity index (χ1n) is 9.70. The Morgan fingerprint density at radius 2 is 1.79 bits per heavy atom. The maximum Gasteiger partial charge on any atom is 0.261 e. The second kappa shape index (κ2) is 7.64. The minimum atomic E-state index is -1.05. The van der Waals surface area contributed by atoms with Crippen LogP contribution in [0, 0.1) is 6.92 Å². The summed E-state index contributed by atoms with van der Waals surface area (Å²) in [4.78, 5) is 34.1. The zero-order valence-electron chi connectivity index (χ0n) is 16.3. The van der Waals surface area contributed by atoms with E-state index in [4.69, 9.17) is 0 Å². The lowest BCUT2D eigenvalue weighted by Gasteiger charge is -2.37. The zero-order valence-corrected chi connectivity index (χ0v) is 16.3. The molecule has 1 fully saturated rings. The maximum atomic E-state index is 12.9. The number of aromatic nitrogens is 2. The van der Waals surface area contributed by atoms with Gasteiger partial charge in [0.25, 0.3) is 11.5 Å². The summed E-state index contributed by atoms with van der Waals surface area (Å²) in [7, 11) is 0. The van der Waals surface area contributed by atoms with Crippen LogP contribution in [0.25, 0.3) is 11.3 Å². The van der Waals surface area contributed by atoms with Crippen LogP contribution in [0.4, 0.5) is 0 Å². The second-order valence-corrected chi connectivity index (χ2v) is 7.53. The van der Waals surface area contributed by atoms with E-state index >= 15 is 0 Å². The molecule has 0 saturated carbocycles. The molecule has 6 heteroatoms. The summed E-state index contributed by atoms with van der Waals surface area (Å²) >= 11 is 0. The van der Waals surface area contributed by atoms with E-state index < -0.39 is 11.2 Å². The van der Waals surface area contributed by atoms with Gasteiger partial charge in [-0.2, -0.15) is 0 Å². The van der Waals surface area contributed by atoms with E-state index in [1.54, 1.807) is 23.2 Å². The molecule has 6 nitrogen and oxygen atoms in total. The molecule has 0 spiro atoms. The molecule has 3 heterocycles. The molecular weight excluding hydrogens is 366 g/mol. The van der Waals surface area contributed by atoms with Gasteiger partial charge in [-0.25, -0.2) is 0 Å². The number of nitrogens with zero attached hydrogens (tertiary/aromatic N) is 2. The van der Waals surface area contributed by atoms with Gasteiger partial charge in [0.05, 0.1) is 5.69 Å². The van der Waals surface area contributed by atoms with Gasteiger partial charge in [0, 0.05) is 25.0 Å². The lowest BCUT2D eigenvalue weighted by atomic mass is 9.87. The van der Waals surface area contributed by atoms with Gasteiger partial charge in [-0.1, -0.05) is 36.4 Å². The average molecular weight is 389 g/mol. The van der Waals surface area contributed by atoms with Crippen molar-refractivity contribution < 1.29 is 9.90 Å². The molecule has 148 valence electrons. The summed E-state index contributed by atoms with van der Waals surface area (Å²) in [5.74, 6) is -0.315.